The van der Waals surface area contributed by atoms with Gasteiger partial charge in [0.15, 0.2) is 0 Å². The Morgan fingerprint density at radius 2 is 1.91 bits per heavy atom. The standard InChI is InChI=1S/C14H14F3NO3S/c1-2-3-4-11(13(20)21)18-12(19)9-5-7-10(8-6-9)22-14(15,16)17/h2-3,5-8,11H,4H2,1H3,(H,18,19)(H,20,21)/b3-2+. The molecule has 1 atom stereocenters. The number of carbonyl (C=O) groups excluding carboxylic acids is 1. The van der Waals surface area contributed by atoms with E-state index in [1.54, 1.807) is 19.1 Å². The molecule has 1 amide bonds. The molecule has 0 aliphatic heterocycles. The van der Waals surface area contributed by atoms with E-state index < -0.39 is 23.4 Å². The van der Waals surface area contributed by atoms with Crippen LogP contribution in [0.25, 0.3) is 0 Å². The summed E-state index contributed by atoms with van der Waals surface area (Å²) in [4.78, 5) is 22.8. The Kier molecular flexibility index (Phi) is 6.48. The maximum absolute atomic E-state index is 12.2. The first-order valence-electron chi connectivity index (χ1n) is 6.23. The van der Waals surface area contributed by atoms with Gasteiger partial charge in [0.1, 0.15) is 6.04 Å². The molecule has 1 unspecified atom stereocenters. The Hall–Kier alpha value is -1.96. The fraction of sp³-hybridized carbons (Fsp3) is 0.286. The number of hydrogen-bond donors (Lipinski definition) is 2. The highest BCUT2D eigenvalue weighted by Gasteiger charge is 2.29. The summed E-state index contributed by atoms with van der Waals surface area (Å²) in [5.74, 6) is -1.84. The van der Waals surface area contributed by atoms with Crippen LogP contribution in [0.2, 0.25) is 0 Å². The summed E-state index contributed by atoms with van der Waals surface area (Å²) in [6.07, 6.45) is 3.38. The van der Waals surface area contributed by atoms with E-state index in [0.717, 1.165) is 12.1 Å². The molecule has 0 fully saturated rings. The van der Waals surface area contributed by atoms with Crippen molar-refractivity contribution < 1.29 is 27.9 Å². The second-order valence-electron chi connectivity index (χ2n) is 4.24. The fourth-order valence-electron chi connectivity index (χ4n) is 1.54. The van der Waals surface area contributed by atoms with E-state index >= 15 is 0 Å². The number of benzene rings is 1. The number of hydrogen-bond acceptors (Lipinski definition) is 3. The fourth-order valence-corrected chi connectivity index (χ4v) is 2.08. The summed E-state index contributed by atoms with van der Waals surface area (Å²) in [5.41, 5.74) is -4.30. The van der Waals surface area contributed by atoms with Crippen LogP contribution in [0.4, 0.5) is 13.2 Å². The molecule has 0 heterocycles. The molecule has 0 saturated carbocycles. The van der Waals surface area contributed by atoms with Crippen molar-refractivity contribution >= 4 is 23.6 Å². The zero-order chi connectivity index (χ0) is 16.8. The number of carboxylic acids is 1. The molecule has 0 bridgehead atoms. The second-order valence-corrected chi connectivity index (χ2v) is 5.38. The van der Waals surface area contributed by atoms with Gasteiger partial charge in [-0.2, -0.15) is 13.2 Å². The zero-order valence-corrected chi connectivity index (χ0v) is 12.4. The van der Waals surface area contributed by atoms with E-state index in [4.69, 9.17) is 5.11 Å². The smallest absolute Gasteiger partial charge is 0.446 e. The maximum atomic E-state index is 12.2. The van der Waals surface area contributed by atoms with Gasteiger partial charge in [-0.3, -0.25) is 4.79 Å². The molecule has 1 aromatic rings. The van der Waals surface area contributed by atoms with Crippen LogP contribution in [0.15, 0.2) is 41.3 Å². The van der Waals surface area contributed by atoms with Gasteiger partial charge >= 0.3 is 11.5 Å². The predicted molar refractivity (Wildman–Crippen MR) is 76.7 cm³/mol. The Morgan fingerprint density at radius 3 is 2.36 bits per heavy atom. The van der Waals surface area contributed by atoms with Crippen LogP contribution in [0, 0.1) is 0 Å². The van der Waals surface area contributed by atoms with Crippen LogP contribution in [0.3, 0.4) is 0 Å². The third kappa shape index (κ3) is 6.21. The molecule has 0 aliphatic carbocycles. The van der Waals surface area contributed by atoms with E-state index in [-0.39, 0.29) is 28.6 Å². The first-order chi connectivity index (χ1) is 10.2. The summed E-state index contributed by atoms with van der Waals surface area (Å²) >= 11 is -0.284. The molecule has 0 spiro atoms. The average Bonchev–Trinajstić information content (AvgIpc) is 2.42. The number of amides is 1. The third-order valence-corrected chi connectivity index (χ3v) is 3.30. The number of halogens is 3. The normalized spacial score (nSPS) is 13.1. The van der Waals surface area contributed by atoms with Crippen LogP contribution in [0.1, 0.15) is 23.7 Å². The van der Waals surface area contributed by atoms with E-state index in [1.165, 1.54) is 12.1 Å². The highest BCUT2D eigenvalue weighted by molar-refractivity contribution is 8.00. The molecular formula is C14H14F3NO3S. The Morgan fingerprint density at radius 1 is 1.32 bits per heavy atom. The van der Waals surface area contributed by atoms with Crippen molar-refractivity contribution in [2.24, 2.45) is 0 Å². The van der Waals surface area contributed by atoms with Gasteiger partial charge in [0, 0.05) is 10.5 Å². The number of thioether (sulfide) groups is 1. The lowest BCUT2D eigenvalue weighted by Crippen LogP contribution is -2.40. The van der Waals surface area contributed by atoms with Crippen LogP contribution in [-0.2, 0) is 4.79 Å². The molecular weight excluding hydrogens is 319 g/mol. The minimum atomic E-state index is -4.40. The monoisotopic (exact) mass is 333 g/mol. The number of allylic oxidation sites excluding steroid dienone is 1. The topological polar surface area (TPSA) is 66.4 Å². The van der Waals surface area contributed by atoms with Gasteiger partial charge in [0.05, 0.1) is 0 Å². The zero-order valence-electron chi connectivity index (χ0n) is 11.6. The predicted octanol–water partition coefficient (Wildman–Crippen LogP) is 3.45. The van der Waals surface area contributed by atoms with Crippen molar-refractivity contribution in [2.45, 2.75) is 29.8 Å². The number of aliphatic carboxylic acids is 1. The van der Waals surface area contributed by atoms with Gasteiger partial charge in [-0.05, 0) is 49.4 Å². The number of nitrogens with one attached hydrogen (secondary N) is 1. The van der Waals surface area contributed by atoms with E-state index in [2.05, 4.69) is 5.32 Å². The van der Waals surface area contributed by atoms with E-state index in [9.17, 15) is 22.8 Å². The lowest BCUT2D eigenvalue weighted by Gasteiger charge is -2.13. The maximum Gasteiger partial charge on any atom is 0.446 e. The van der Waals surface area contributed by atoms with Crippen LogP contribution in [0.5, 0.6) is 0 Å². The summed E-state index contributed by atoms with van der Waals surface area (Å²) in [6.45, 7) is 1.72. The number of rotatable bonds is 6. The molecule has 8 heteroatoms. The Bertz CT molecular complexity index is 555. The van der Waals surface area contributed by atoms with Gasteiger partial charge in [-0.25, -0.2) is 4.79 Å². The van der Waals surface area contributed by atoms with Crippen molar-refractivity contribution in [3.63, 3.8) is 0 Å². The molecule has 22 heavy (non-hydrogen) atoms. The van der Waals surface area contributed by atoms with Crippen LogP contribution < -0.4 is 5.32 Å². The minimum Gasteiger partial charge on any atom is -0.480 e. The van der Waals surface area contributed by atoms with Crippen LogP contribution in [-0.4, -0.2) is 28.5 Å². The molecule has 4 nitrogen and oxygen atoms in total. The minimum absolute atomic E-state index is 0.0484. The molecule has 1 aromatic carbocycles. The van der Waals surface area contributed by atoms with Crippen molar-refractivity contribution in [3.8, 4) is 0 Å². The summed E-state index contributed by atoms with van der Waals surface area (Å²) in [7, 11) is 0. The third-order valence-electron chi connectivity index (χ3n) is 2.56. The lowest BCUT2D eigenvalue weighted by molar-refractivity contribution is -0.139. The molecule has 2 N–H and O–H groups in total. The Labute approximate surface area is 129 Å². The van der Waals surface area contributed by atoms with Gasteiger partial charge in [0.25, 0.3) is 5.91 Å². The molecule has 0 aromatic heterocycles. The number of carboxylic acid groups (broad SMARTS) is 1. The molecule has 0 saturated heterocycles. The van der Waals surface area contributed by atoms with Gasteiger partial charge in [-0.1, -0.05) is 12.2 Å². The molecule has 0 aliphatic rings. The van der Waals surface area contributed by atoms with Crippen LogP contribution >= 0.6 is 11.8 Å². The highest BCUT2D eigenvalue weighted by atomic mass is 32.2. The van der Waals surface area contributed by atoms with Gasteiger partial charge < -0.3 is 10.4 Å². The molecule has 120 valence electrons. The molecule has 0 radical (unpaired) electrons. The largest absolute Gasteiger partial charge is 0.480 e. The van der Waals surface area contributed by atoms with Crippen molar-refractivity contribution in [1.82, 2.24) is 5.32 Å². The first kappa shape index (κ1) is 18.1. The average molecular weight is 333 g/mol. The van der Waals surface area contributed by atoms with Crippen molar-refractivity contribution in [3.05, 3.63) is 42.0 Å². The first-order valence-corrected chi connectivity index (χ1v) is 7.05. The Balaban J connectivity index is 2.74. The highest BCUT2D eigenvalue weighted by Crippen LogP contribution is 2.36. The van der Waals surface area contributed by atoms with E-state index in [0.29, 0.717) is 0 Å². The molecule has 1 rings (SSSR count). The quantitative estimate of drug-likeness (QED) is 0.618. The van der Waals surface area contributed by atoms with E-state index in [1.807, 2.05) is 0 Å². The summed E-state index contributed by atoms with van der Waals surface area (Å²) in [5, 5.41) is 11.3. The summed E-state index contributed by atoms with van der Waals surface area (Å²) < 4.78 is 36.6. The number of carbonyl (C=O) groups is 2. The van der Waals surface area contributed by atoms with Gasteiger partial charge in [-0.15, -0.1) is 0 Å². The van der Waals surface area contributed by atoms with Crippen molar-refractivity contribution in [2.75, 3.05) is 0 Å². The number of alkyl halides is 3. The second kappa shape index (κ2) is 7.88. The summed E-state index contributed by atoms with van der Waals surface area (Å²) in [6, 6.07) is 3.67. The lowest BCUT2D eigenvalue weighted by atomic mass is 10.1. The van der Waals surface area contributed by atoms with Crippen molar-refractivity contribution in [1.29, 1.82) is 0 Å². The van der Waals surface area contributed by atoms with Gasteiger partial charge in [0.2, 0.25) is 0 Å². The SMILES string of the molecule is C/C=C/CC(NC(=O)c1ccc(SC(F)(F)F)cc1)C(=O)O.